The first-order chi connectivity index (χ1) is 11.0. The summed E-state index contributed by atoms with van der Waals surface area (Å²) in [5.41, 5.74) is -0.102. The van der Waals surface area contributed by atoms with Crippen molar-refractivity contribution in [1.82, 2.24) is 0 Å². The van der Waals surface area contributed by atoms with Crippen LogP contribution in [0.1, 0.15) is 34.1 Å². The van der Waals surface area contributed by atoms with Crippen molar-refractivity contribution in [3.63, 3.8) is 0 Å². The van der Waals surface area contributed by atoms with E-state index in [1.807, 2.05) is 43.3 Å². The van der Waals surface area contributed by atoms with Gasteiger partial charge in [-0.05, 0) is 39.3 Å². The minimum absolute atomic E-state index is 0.160. The lowest BCUT2D eigenvalue weighted by Crippen LogP contribution is -2.39. The molecule has 0 aliphatic rings. The Morgan fingerprint density at radius 3 is 2.43 bits per heavy atom. The van der Waals surface area contributed by atoms with E-state index < -0.39 is 5.60 Å². The van der Waals surface area contributed by atoms with E-state index in [0.29, 0.717) is 13.2 Å². The van der Waals surface area contributed by atoms with Crippen LogP contribution in [-0.4, -0.2) is 24.7 Å². The van der Waals surface area contributed by atoms with Crippen LogP contribution >= 0.6 is 0 Å². The van der Waals surface area contributed by atoms with Crippen LogP contribution in [0.2, 0.25) is 0 Å². The van der Waals surface area contributed by atoms with Gasteiger partial charge < -0.3 is 14.8 Å². The number of anilines is 1. The Morgan fingerprint density at radius 2 is 1.78 bits per heavy atom. The Hall–Kier alpha value is -2.07. The molecule has 4 heteroatoms. The molecule has 4 nitrogen and oxygen atoms in total. The highest BCUT2D eigenvalue weighted by Gasteiger charge is 2.28. The predicted molar refractivity (Wildman–Crippen MR) is 94.1 cm³/mol. The van der Waals surface area contributed by atoms with E-state index in [4.69, 9.17) is 9.47 Å². The summed E-state index contributed by atoms with van der Waals surface area (Å²) < 4.78 is 11.3. The molecule has 0 bridgehead atoms. The summed E-state index contributed by atoms with van der Waals surface area (Å²) in [5, 5.41) is 4.93. The fraction of sp³-hybridized carbons (Fsp3) is 0.421. The summed E-state index contributed by atoms with van der Waals surface area (Å²) in [6.45, 7) is 8.66. The molecule has 0 unspecified atom stereocenters. The van der Waals surface area contributed by atoms with Crippen LogP contribution in [0.5, 0.6) is 5.75 Å². The summed E-state index contributed by atoms with van der Waals surface area (Å²) in [6, 6.07) is 11.7. The third-order valence-corrected chi connectivity index (χ3v) is 3.65. The van der Waals surface area contributed by atoms with Gasteiger partial charge in [0.05, 0.1) is 6.61 Å². The van der Waals surface area contributed by atoms with Crippen molar-refractivity contribution >= 4 is 22.4 Å². The molecule has 0 saturated heterocycles. The summed E-state index contributed by atoms with van der Waals surface area (Å²) in [4.78, 5) is 12.5. The second-order valence-corrected chi connectivity index (χ2v) is 5.90. The fourth-order valence-corrected chi connectivity index (χ4v) is 2.42. The van der Waals surface area contributed by atoms with Gasteiger partial charge in [0.15, 0.2) is 0 Å². The smallest absolute Gasteiger partial charge is 0.256 e. The van der Waals surface area contributed by atoms with Gasteiger partial charge in [-0.15, -0.1) is 0 Å². The number of fused-ring (bicyclic) bond motifs is 1. The molecule has 0 saturated carbocycles. The fourth-order valence-electron chi connectivity index (χ4n) is 2.42. The number of hydrogen-bond donors (Lipinski definition) is 1. The van der Waals surface area contributed by atoms with Crippen molar-refractivity contribution in [3.8, 4) is 5.75 Å². The molecule has 0 atom stereocenters. The van der Waals surface area contributed by atoms with Crippen LogP contribution in [0.15, 0.2) is 36.4 Å². The topological polar surface area (TPSA) is 47.6 Å². The second kappa shape index (κ2) is 7.47. The number of carbonyl (C=O) groups is 1. The van der Waals surface area contributed by atoms with E-state index >= 15 is 0 Å². The molecule has 0 radical (unpaired) electrons. The Bertz CT molecular complexity index is 679. The van der Waals surface area contributed by atoms with Crippen LogP contribution in [0, 0.1) is 0 Å². The minimum atomic E-state index is -0.868. The molecule has 0 fully saturated rings. The summed E-state index contributed by atoms with van der Waals surface area (Å²) >= 11 is 0. The molecule has 124 valence electrons. The zero-order chi connectivity index (χ0) is 16.9. The lowest BCUT2D eigenvalue weighted by Gasteiger charge is -2.24. The van der Waals surface area contributed by atoms with Crippen molar-refractivity contribution in [2.45, 2.75) is 39.7 Å². The normalized spacial score (nSPS) is 11.5. The molecule has 2 rings (SSSR count). The molecular formula is C19H25NO3. The van der Waals surface area contributed by atoms with E-state index in [1.165, 1.54) is 0 Å². The molecule has 0 aliphatic carbocycles. The standard InChI is InChI=1S/C19H25NO3/c1-5-13-22-17-12-11-16(14-9-7-8-10-15(14)17)20-18(21)19(3,4)23-6-2/h7-12H,5-6,13H2,1-4H3,(H,20,21). The first kappa shape index (κ1) is 17.3. The first-order valence-corrected chi connectivity index (χ1v) is 8.09. The number of amides is 1. The van der Waals surface area contributed by atoms with E-state index in [9.17, 15) is 4.79 Å². The van der Waals surface area contributed by atoms with Crippen LogP contribution in [-0.2, 0) is 9.53 Å². The number of carbonyl (C=O) groups excluding carboxylic acids is 1. The highest BCUT2D eigenvalue weighted by molar-refractivity contribution is 6.06. The van der Waals surface area contributed by atoms with Gasteiger partial charge in [0.2, 0.25) is 0 Å². The van der Waals surface area contributed by atoms with Crippen molar-refractivity contribution in [2.24, 2.45) is 0 Å². The quantitative estimate of drug-likeness (QED) is 0.824. The van der Waals surface area contributed by atoms with Crippen molar-refractivity contribution in [3.05, 3.63) is 36.4 Å². The van der Waals surface area contributed by atoms with E-state index in [2.05, 4.69) is 12.2 Å². The largest absolute Gasteiger partial charge is 0.493 e. The summed E-state index contributed by atoms with van der Waals surface area (Å²) in [5.74, 6) is 0.677. The van der Waals surface area contributed by atoms with Crippen molar-refractivity contribution in [2.75, 3.05) is 18.5 Å². The lowest BCUT2D eigenvalue weighted by molar-refractivity contribution is -0.136. The predicted octanol–water partition coefficient (Wildman–Crippen LogP) is 4.38. The molecule has 1 N–H and O–H groups in total. The number of ether oxygens (including phenoxy) is 2. The van der Waals surface area contributed by atoms with Crippen molar-refractivity contribution < 1.29 is 14.3 Å². The van der Waals surface area contributed by atoms with Crippen LogP contribution < -0.4 is 10.1 Å². The zero-order valence-electron chi connectivity index (χ0n) is 14.3. The number of nitrogens with one attached hydrogen (secondary N) is 1. The third-order valence-electron chi connectivity index (χ3n) is 3.65. The zero-order valence-corrected chi connectivity index (χ0v) is 14.3. The van der Waals surface area contributed by atoms with Gasteiger partial charge >= 0.3 is 0 Å². The highest BCUT2D eigenvalue weighted by Crippen LogP contribution is 2.32. The second-order valence-electron chi connectivity index (χ2n) is 5.90. The van der Waals surface area contributed by atoms with Gasteiger partial charge in [0.25, 0.3) is 5.91 Å². The average molecular weight is 315 g/mol. The number of hydrogen-bond acceptors (Lipinski definition) is 3. The van der Waals surface area contributed by atoms with Crippen LogP contribution in [0.25, 0.3) is 10.8 Å². The number of benzene rings is 2. The highest BCUT2D eigenvalue weighted by atomic mass is 16.5. The molecule has 2 aromatic carbocycles. The Labute approximate surface area is 137 Å². The van der Waals surface area contributed by atoms with Gasteiger partial charge in [-0.2, -0.15) is 0 Å². The molecule has 0 heterocycles. The summed E-state index contributed by atoms with van der Waals surface area (Å²) in [6.07, 6.45) is 0.954. The lowest BCUT2D eigenvalue weighted by atomic mass is 10.1. The van der Waals surface area contributed by atoms with Gasteiger partial charge in [-0.3, -0.25) is 4.79 Å². The first-order valence-electron chi connectivity index (χ1n) is 8.09. The molecular weight excluding hydrogens is 290 g/mol. The Balaban J connectivity index is 2.34. The van der Waals surface area contributed by atoms with Gasteiger partial charge in [-0.1, -0.05) is 31.2 Å². The van der Waals surface area contributed by atoms with Crippen LogP contribution in [0.4, 0.5) is 5.69 Å². The van der Waals surface area contributed by atoms with E-state index in [0.717, 1.165) is 28.6 Å². The van der Waals surface area contributed by atoms with E-state index in [-0.39, 0.29) is 5.91 Å². The molecule has 1 amide bonds. The Kier molecular flexibility index (Phi) is 5.61. The monoisotopic (exact) mass is 315 g/mol. The molecule has 2 aromatic rings. The minimum Gasteiger partial charge on any atom is -0.493 e. The van der Waals surface area contributed by atoms with Gasteiger partial charge in [0.1, 0.15) is 11.4 Å². The molecule has 23 heavy (non-hydrogen) atoms. The van der Waals surface area contributed by atoms with Crippen LogP contribution in [0.3, 0.4) is 0 Å². The molecule has 0 spiro atoms. The maximum Gasteiger partial charge on any atom is 0.256 e. The van der Waals surface area contributed by atoms with E-state index in [1.54, 1.807) is 13.8 Å². The third kappa shape index (κ3) is 4.02. The SMILES string of the molecule is CCCOc1ccc(NC(=O)C(C)(C)OCC)c2ccccc12. The Morgan fingerprint density at radius 1 is 1.09 bits per heavy atom. The molecule has 0 aromatic heterocycles. The van der Waals surface area contributed by atoms with Gasteiger partial charge in [-0.25, -0.2) is 0 Å². The average Bonchev–Trinajstić information content (AvgIpc) is 2.54. The van der Waals surface area contributed by atoms with Crippen molar-refractivity contribution in [1.29, 1.82) is 0 Å². The maximum absolute atomic E-state index is 12.5. The maximum atomic E-state index is 12.5. The molecule has 0 aliphatic heterocycles. The number of rotatable bonds is 7. The van der Waals surface area contributed by atoms with Gasteiger partial charge in [0, 0.05) is 23.1 Å². The summed E-state index contributed by atoms with van der Waals surface area (Å²) in [7, 11) is 0.